The van der Waals surface area contributed by atoms with Crippen molar-refractivity contribution in [3.05, 3.63) is 66.2 Å². The molecule has 0 fully saturated rings. The molecule has 4 nitrogen and oxygen atoms in total. The predicted octanol–water partition coefficient (Wildman–Crippen LogP) is 3.36. The number of para-hydroxylation sites is 1. The quantitative estimate of drug-likeness (QED) is 0.829. The first-order valence-corrected chi connectivity index (χ1v) is 7.38. The van der Waals surface area contributed by atoms with Gasteiger partial charge in [0.2, 0.25) is 0 Å². The minimum atomic E-state index is -0.909. The molecule has 114 valence electrons. The fraction of sp³-hybridized carbons (Fsp3) is 0.176. The molecule has 0 bridgehead atoms. The highest BCUT2D eigenvalue weighted by atomic mass is 32.1. The van der Waals surface area contributed by atoms with Crippen LogP contribution < -0.4 is 5.32 Å². The van der Waals surface area contributed by atoms with Crippen LogP contribution in [0.5, 0.6) is 0 Å². The number of nitrogens with zero attached hydrogens (tertiary/aromatic N) is 1. The fourth-order valence-corrected chi connectivity index (χ4v) is 2.36. The van der Waals surface area contributed by atoms with Crippen LogP contribution in [0.3, 0.4) is 0 Å². The second-order valence-corrected chi connectivity index (χ2v) is 5.31. The molecule has 0 radical (unpaired) electrons. The Bertz CT molecular complexity index is 632. The number of aliphatic carboxylic acids is 1. The van der Waals surface area contributed by atoms with Gasteiger partial charge in [0.1, 0.15) is 6.04 Å². The van der Waals surface area contributed by atoms with E-state index in [0.717, 1.165) is 11.3 Å². The van der Waals surface area contributed by atoms with Gasteiger partial charge in [0, 0.05) is 12.2 Å². The molecule has 2 rings (SSSR count). The van der Waals surface area contributed by atoms with E-state index in [4.69, 9.17) is 12.2 Å². The zero-order valence-electron chi connectivity index (χ0n) is 12.3. The van der Waals surface area contributed by atoms with Gasteiger partial charge in [0.25, 0.3) is 0 Å². The molecule has 1 atom stereocenters. The van der Waals surface area contributed by atoms with Crippen LogP contribution in [0.2, 0.25) is 0 Å². The number of carbonyl (C=O) groups is 1. The van der Waals surface area contributed by atoms with Crippen LogP contribution in [-0.2, 0) is 11.3 Å². The average molecular weight is 314 g/mol. The molecule has 2 aromatic carbocycles. The van der Waals surface area contributed by atoms with E-state index in [2.05, 4.69) is 5.32 Å². The van der Waals surface area contributed by atoms with Gasteiger partial charge in [-0.3, -0.25) is 0 Å². The number of carboxylic acids is 1. The van der Waals surface area contributed by atoms with Gasteiger partial charge in [-0.2, -0.15) is 0 Å². The molecule has 1 unspecified atom stereocenters. The Hall–Kier alpha value is -2.40. The molecular weight excluding hydrogens is 296 g/mol. The largest absolute Gasteiger partial charge is 0.480 e. The zero-order valence-corrected chi connectivity index (χ0v) is 13.1. The van der Waals surface area contributed by atoms with Crippen molar-refractivity contribution in [1.29, 1.82) is 0 Å². The van der Waals surface area contributed by atoms with Gasteiger partial charge in [0.15, 0.2) is 5.11 Å². The Balaban J connectivity index is 2.16. The van der Waals surface area contributed by atoms with E-state index in [0.29, 0.717) is 11.7 Å². The lowest BCUT2D eigenvalue weighted by Gasteiger charge is -2.29. The molecule has 0 saturated carbocycles. The standard InChI is InChI=1S/C17H18N2O2S/c1-13(16(20)21)19(12-14-8-4-2-5-9-14)17(22)18-15-10-6-3-7-11-15/h2-11,13H,12H2,1H3,(H,18,22)(H,20,21). The number of benzene rings is 2. The summed E-state index contributed by atoms with van der Waals surface area (Å²) in [6.45, 7) is 2.07. The maximum absolute atomic E-state index is 11.4. The van der Waals surface area contributed by atoms with Crippen molar-refractivity contribution in [2.45, 2.75) is 19.5 Å². The molecule has 0 heterocycles. The first-order valence-electron chi connectivity index (χ1n) is 6.97. The van der Waals surface area contributed by atoms with Crippen LogP contribution >= 0.6 is 12.2 Å². The number of thiocarbonyl (C=S) groups is 1. The maximum Gasteiger partial charge on any atom is 0.326 e. The third kappa shape index (κ3) is 4.30. The monoisotopic (exact) mass is 314 g/mol. The molecule has 0 aliphatic heterocycles. The maximum atomic E-state index is 11.4. The number of hydrogen-bond donors (Lipinski definition) is 2. The smallest absolute Gasteiger partial charge is 0.326 e. The van der Waals surface area contributed by atoms with Crippen molar-refractivity contribution in [2.75, 3.05) is 5.32 Å². The van der Waals surface area contributed by atoms with Crippen LogP contribution in [0.4, 0.5) is 5.69 Å². The lowest BCUT2D eigenvalue weighted by atomic mass is 10.2. The third-order valence-electron chi connectivity index (χ3n) is 3.31. The minimum Gasteiger partial charge on any atom is -0.480 e. The Morgan fingerprint density at radius 2 is 1.68 bits per heavy atom. The van der Waals surface area contributed by atoms with Crippen molar-refractivity contribution in [3.8, 4) is 0 Å². The van der Waals surface area contributed by atoms with E-state index in [9.17, 15) is 9.90 Å². The Morgan fingerprint density at radius 1 is 1.14 bits per heavy atom. The first kappa shape index (κ1) is 16.0. The fourth-order valence-electron chi connectivity index (χ4n) is 2.01. The third-order valence-corrected chi connectivity index (χ3v) is 3.64. The molecule has 0 aliphatic carbocycles. The van der Waals surface area contributed by atoms with Gasteiger partial charge in [-0.15, -0.1) is 0 Å². The number of nitrogens with one attached hydrogen (secondary N) is 1. The summed E-state index contributed by atoms with van der Waals surface area (Å²) in [4.78, 5) is 13.0. The van der Waals surface area contributed by atoms with E-state index in [-0.39, 0.29) is 0 Å². The second-order valence-electron chi connectivity index (χ2n) is 4.92. The lowest BCUT2D eigenvalue weighted by molar-refractivity contribution is -0.141. The number of anilines is 1. The summed E-state index contributed by atoms with van der Waals surface area (Å²) in [5.41, 5.74) is 1.84. The van der Waals surface area contributed by atoms with E-state index < -0.39 is 12.0 Å². The van der Waals surface area contributed by atoms with Gasteiger partial charge in [-0.05, 0) is 36.8 Å². The summed E-state index contributed by atoms with van der Waals surface area (Å²) in [7, 11) is 0. The van der Waals surface area contributed by atoms with Crippen LogP contribution in [0.25, 0.3) is 0 Å². The number of carboxylic acid groups (broad SMARTS) is 1. The molecule has 0 saturated heterocycles. The van der Waals surface area contributed by atoms with Gasteiger partial charge in [0.05, 0.1) is 0 Å². The summed E-state index contributed by atoms with van der Waals surface area (Å²) in [6, 6.07) is 18.4. The number of rotatable bonds is 5. The van der Waals surface area contributed by atoms with E-state index in [1.54, 1.807) is 11.8 Å². The summed E-state index contributed by atoms with van der Waals surface area (Å²) in [5, 5.41) is 12.8. The SMILES string of the molecule is CC(C(=O)O)N(Cc1ccccc1)C(=S)Nc1ccccc1. The van der Waals surface area contributed by atoms with Crippen molar-refractivity contribution in [2.24, 2.45) is 0 Å². The van der Waals surface area contributed by atoms with Crippen LogP contribution in [-0.4, -0.2) is 27.1 Å². The van der Waals surface area contributed by atoms with Crippen LogP contribution in [0, 0.1) is 0 Å². The second kappa shape index (κ2) is 7.56. The van der Waals surface area contributed by atoms with Gasteiger partial charge < -0.3 is 15.3 Å². The molecule has 0 spiro atoms. The average Bonchev–Trinajstić information content (AvgIpc) is 2.53. The molecule has 0 aromatic heterocycles. The van der Waals surface area contributed by atoms with Crippen molar-refractivity contribution < 1.29 is 9.90 Å². The Morgan fingerprint density at radius 3 is 2.23 bits per heavy atom. The topological polar surface area (TPSA) is 52.6 Å². The minimum absolute atomic E-state index is 0.393. The molecular formula is C17H18N2O2S. The van der Waals surface area contributed by atoms with Crippen LogP contribution in [0.15, 0.2) is 60.7 Å². The summed E-state index contributed by atoms with van der Waals surface area (Å²) >= 11 is 5.40. The first-order chi connectivity index (χ1) is 10.6. The molecule has 5 heteroatoms. The molecule has 0 aliphatic rings. The summed E-state index contributed by atoms with van der Waals surface area (Å²) in [5.74, 6) is -0.909. The molecule has 2 N–H and O–H groups in total. The van der Waals surface area contributed by atoms with E-state index in [1.807, 2.05) is 60.7 Å². The highest BCUT2D eigenvalue weighted by Crippen LogP contribution is 2.13. The Kier molecular flexibility index (Phi) is 5.49. The normalized spacial score (nSPS) is 11.5. The number of hydrogen-bond acceptors (Lipinski definition) is 2. The Labute approximate surface area is 135 Å². The summed E-state index contributed by atoms with van der Waals surface area (Å²) < 4.78 is 0. The van der Waals surface area contributed by atoms with Crippen molar-refractivity contribution in [1.82, 2.24) is 4.90 Å². The molecule has 0 amide bonds. The highest BCUT2D eigenvalue weighted by Gasteiger charge is 2.23. The van der Waals surface area contributed by atoms with Gasteiger partial charge in [-0.1, -0.05) is 48.5 Å². The molecule has 22 heavy (non-hydrogen) atoms. The van der Waals surface area contributed by atoms with E-state index in [1.165, 1.54) is 0 Å². The van der Waals surface area contributed by atoms with Crippen molar-refractivity contribution >= 4 is 29.0 Å². The lowest BCUT2D eigenvalue weighted by Crippen LogP contribution is -2.44. The zero-order chi connectivity index (χ0) is 15.9. The van der Waals surface area contributed by atoms with Crippen molar-refractivity contribution in [3.63, 3.8) is 0 Å². The molecule has 2 aromatic rings. The van der Waals surface area contributed by atoms with Gasteiger partial charge in [-0.25, -0.2) is 4.79 Å². The van der Waals surface area contributed by atoms with Crippen LogP contribution in [0.1, 0.15) is 12.5 Å². The van der Waals surface area contributed by atoms with E-state index >= 15 is 0 Å². The summed E-state index contributed by atoms with van der Waals surface area (Å²) in [6.07, 6.45) is 0. The predicted molar refractivity (Wildman–Crippen MR) is 91.7 cm³/mol. The van der Waals surface area contributed by atoms with Gasteiger partial charge >= 0.3 is 5.97 Å². The highest BCUT2D eigenvalue weighted by molar-refractivity contribution is 7.80.